The highest BCUT2D eigenvalue weighted by Crippen LogP contribution is 2.10. The van der Waals surface area contributed by atoms with Crippen molar-refractivity contribution >= 4 is 21.5 Å². The molecular formula is C7H10N2O3S. The maximum atomic E-state index is 10.3. The van der Waals surface area contributed by atoms with Gasteiger partial charge in [-0.05, 0) is 24.3 Å². The number of anilines is 2. The number of nitrogens with one attached hydrogen (secondary N) is 1. The fraction of sp³-hybridized carbons (Fsp3) is 0.143. The summed E-state index contributed by atoms with van der Waals surface area (Å²) in [5, 5.41) is 2.52. The highest BCUT2D eigenvalue weighted by molar-refractivity contribution is 7.85. The summed E-state index contributed by atoms with van der Waals surface area (Å²) in [4.78, 5) is 0. The highest BCUT2D eigenvalue weighted by atomic mass is 32.2. The normalized spacial score (nSPS) is 11.2. The van der Waals surface area contributed by atoms with E-state index >= 15 is 0 Å². The minimum Gasteiger partial charge on any atom is -0.399 e. The van der Waals surface area contributed by atoms with Gasteiger partial charge < -0.3 is 11.1 Å². The van der Waals surface area contributed by atoms with E-state index in [0.717, 1.165) is 0 Å². The standard InChI is InChI=1S/C7H10N2O3S/c8-6-1-3-7(4-2-6)9-5-13(10,11)12/h1-4,9H,5,8H2,(H,10,11,12). The number of benzene rings is 1. The molecule has 0 atom stereocenters. The lowest BCUT2D eigenvalue weighted by Gasteiger charge is -2.03. The Morgan fingerprint density at radius 3 is 2.31 bits per heavy atom. The first-order valence-corrected chi connectivity index (χ1v) is 5.13. The number of hydrogen-bond donors (Lipinski definition) is 3. The van der Waals surface area contributed by atoms with E-state index in [0.29, 0.717) is 11.4 Å². The van der Waals surface area contributed by atoms with Gasteiger partial charge in [-0.3, -0.25) is 4.55 Å². The smallest absolute Gasteiger partial charge is 0.283 e. The third-order valence-corrected chi connectivity index (χ3v) is 1.88. The molecule has 6 heteroatoms. The minimum absolute atomic E-state index is 0.503. The minimum atomic E-state index is -3.97. The fourth-order valence-corrected chi connectivity index (χ4v) is 1.12. The molecule has 0 aliphatic rings. The summed E-state index contributed by atoms with van der Waals surface area (Å²) < 4.78 is 29.1. The summed E-state index contributed by atoms with van der Waals surface area (Å²) >= 11 is 0. The molecule has 0 saturated carbocycles. The van der Waals surface area contributed by atoms with Crippen LogP contribution in [0.3, 0.4) is 0 Å². The van der Waals surface area contributed by atoms with Gasteiger partial charge in [-0.1, -0.05) is 0 Å². The monoisotopic (exact) mass is 202 g/mol. The van der Waals surface area contributed by atoms with E-state index in [2.05, 4.69) is 5.32 Å². The van der Waals surface area contributed by atoms with Crippen molar-refractivity contribution in [2.24, 2.45) is 0 Å². The van der Waals surface area contributed by atoms with Crippen LogP contribution in [0.15, 0.2) is 24.3 Å². The summed E-state index contributed by atoms with van der Waals surface area (Å²) in [5.74, 6) is -0.503. The summed E-state index contributed by atoms with van der Waals surface area (Å²) in [6.45, 7) is 0. The predicted molar refractivity (Wildman–Crippen MR) is 50.9 cm³/mol. The van der Waals surface area contributed by atoms with E-state index < -0.39 is 16.0 Å². The fourth-order valence-electron chi connectivity index (χ4n) is 0.776. The van der Waals surface area contributed by atoms with Gasteiger partial charge in [-0.15, -0.1) is 0 Å². The molecule has 0 unspecified atom stereocenters. The number of rotatable bonds is 3. The van der Waals surface area contributed by atoms with Crippen molar-refractivity contribution in [3.63, 3.8) is 0 Å². The molecule has 0 aliphatic heterocycles. The van der Waals surface area contributed by atoms with Crippen molar-refractivity contribution < 1.29 is 13.0 Å². The lowest BCUT2D eigenvalue weighted by molar-refractivity contribution is 0.485. The molecule has 0 radical (unpaired) electrons. The Labute approximate surface area is 76.3 Å². The van der Waals surface area contributed by atoms with Crippen molar-refractivity contribution in [1.82, 2.24) is 0 Å². The second-order valence-corrected chi connectivity index (χ2v) is 3.98. The Bertz CT molecular complexity index is 371. The first-order chi connectivity index (χ1) is 5.97. The molecule has 0 spiro atoms. The maximum Gasteiger partial charge on any atom is 0.283 e. The Hall–Kier alpha value is -1.27. The van der Waals surface area contributed by atoms with Crippen molar-refractivity contribution in [3.05, 3.63) is 24.3 Å². The van der Waals surface area contributed by atoms with Crippen molar-refractivity contribution in [2.45, 2.75) is 0 Å². The molecule has 0 heterocycles. The Balaban J connectivity index is 2.61. The van der Waals surface area contributed by atoms with Gasteiger partial charge in [0, 0.05) is 11.4 Å². The van der Waals surface area contributed by atoms with Gasteiger partial charge in [-0.25, -0.2) is 0 Å². The Morgan fingerprint density at radius 2 is 1.85 bits per heavy atom. The quantitative estimate of drug-likeness (QED) is 0.491. The van der Waals surface area contributed by atoms with Crippen molar-refractivity contribution in [1.29, 1.82) is 0 Å². The van der Waals surface area contributed by atoms with Crippen LogP contribution in [-0.2, 0) is 10.1 Å². The number of nitrogens with two attached hydrogens (primary N) is 1. The molecule has 5 nitrogen and oxygen atoms in total. The Kier molecular flexibility index (Phi) is 2.74. The van der Waals surface area contributed by atoms with Gasteiger partial charge in [-0.2, -0.15) is 8.42 Å². The molecule has 1 rings (SSSR count). The predicted octanol–water partition coefficient (Wildman–Crippen LogP) is 0.526. The molecule has 72 valence electrons. The average Bonchev–Trinajstić information content (AvgIpc) is 2.02. The molecule has 0 bridgehead atoms. The van der Waals surface area contributed by atoms with Crippen molar-refractivity contribution in [3.8, 4) is 0 Å². The van der Waals surface area contributed by atoms with Crippen LogP contribution < -0.4 is 11.1 Å². The van der Waals surface area contributed by atoms with Gasteiger partial charge in [0.2, 0.25) is 0 Å². The topological polar surface area (TPSA) is 92.4 Å². The highest BCUT2D eigenvalue weighted by Gasteiger charge is 2.02. The van der Waals surface area contributed by atoms with E-state index in [1.165, 1.54) is 0 Å². The molecule has 1 aromatic rings. The summed E-state index contributed by atoms with van der Waals surface area (Å²) in [7, 11) is -3.97. The molecule has 0 fully saturated rings. The van der Waals surface area contributed by atoms with Crippen LogP contribution in [0.2, 0.25) is 0 Å². The van der Waals surface area contributed by atoms with Crippen LogP contribution in [0, 0.1) is 0 Å². The summed E-state index contributed by atoms with van der Waals surface area (Å²) in [6.07, 6.45) is 0. The van der Waals surface area contributed by atoms with Gasteiger partial charge in [0.05, 0.1) is 0 Å². The van der Waals surface area contributed by atoms with Gasteiger partial charge >= 0.3 is 0 Å². The Morgan fingerprint density at radius 1 is 1.31 bits per heavy atom. The zero-order valence-electron chi connectivity index (χ0n) is 6.77. The first kappa shape index (κ1) is 9.82. The first-order valence-electron chi connectivity index (χ1n) is 3.52. The largest absolute Gasteiger partial charge is 0.399 e. The van der Waals surface area contributed by atoms with Gasteiger partial charge in [0.1, 0.15) is 5.88 Å². The van der Waals surface area contributed by atoms with Crippen LogP contribution in [0.1, 0.15) is 0 Å². The van der Waals surface area contributed by atoms with E-state index in [9.17, 15) is 8.42 Å². The molecule has 4 N–H and O–H groups in total. The second kappa shape index (κ2) is 3.63. The van der Waals surface area contributed by atoms with Crippen LogP contribution in [-0.4, -0.2) is 18.8 Å². The van der Waals surface area contributed by atoms with Crippen LogP contribution in [0.5, 0.6) is 0 Å². The zero-order valence-corrected chi connectivity index (χ0v) is 7.58. The maximum absolute atomic E-state index is 10.3. The SMILES string of the molecule is Nc1ccc(NCS(=O)(=O)O)cc1. The molecular weight excluding hydrogens is 192 g/mol. The van der Waals surface area contributed by atoms with E-state index in [1.807, 2.05) is 0 Å². The second-order valence-electron chi connectivity index (χ2n) is 2.53. The molecule has 0 amide bonds. The van der Waals surface area contributed by atoms with Crippen LogP contribution in [0.25, 0.3) is 0 Å². The lowest BCUT2D eigenvalue weighted by Crippen LogP contribution is -2.12. The summed E-state index contributed by atoms with van der Waals surface area (Å²) in [6, 6.07) is 6.51. The molecule has 1 aromatic carbocycles. The summed E-state index contributed by atoms with van der Waals surface area (Å²) in [5.41, 5.74) is 6.60. The lowest BCUT2D eigenvalue weighted by atomic mass is 10.3. The molecule has 13 heavy (non-hydrogen) atoms. The average molecular weight is 202 g/mol. The van der Waals surface area contributed by atoms with Crippen molar-refractivity contribution in [2.75, 3.05) is 16.9 Å². The molecule has 0 aliphatic carbocycles. The molecule has 0 saturated heterocycles. The van der Waals surface area contributed by atoms with Crippen LogP contribution in [0.4, 0.5) is 11.4 Å². The number of nitrogen functional groups attached to an aromatic ring is 1. The van der Waals surface area contributed by atoms with Gasteiger partial charge in [0.15, 0.2) is 0 Å². The zero-order chi connectivity index (χ0) is 9.90. The third kappa shape index (κ3) is 3.77. The van der Waals surface area contributed by atoms with Gasteiger partial charge in [0.25, 0.3) is 10.1 Å². The van der Waals surface area contributed by atoms with E-state index in [1.54, 1.807) is 24.3 Å². The molecule has 0 aromatic heterocycles. The van der Waals surface area contributed by atoms with Crippen LogP contribution >= 0.6 is 0 Å². The third-order valence-electron chi connectivity index (χ3n) is 1.37. The van der Waals surface area contributed by atoms with E-state index in [4.69, 9.17) is 10.3 Å². The number of hydrogen-bond acceptors (Lipinski definition) is 4. The van der Waals surface area contributed by atoms with E-state index in [-0.39, 0.29) is 0 Å².